The van der Waals surface area contributed by atoms with Crippen LogP contribution in [0.5, 0.6) is 0 Å². The largest absolute Gasteiger partial charge is 0.333 e. The normalized spacial score (nSPS) is 11.9. The van der Waals surface area contributed by atoms with Crippen molar-refractivity contribution in [1.29, 1.82) is 0 Å². The number of rotatable bonds is 9. The van der Waals surface area contributed by atoms with Crippen LogP contribution in [0.15, 0.2) is 293 Å². The molecule has 0 spiro atoms. The van der Waals surface area contributed by atoms with Gasteiger partial charge in [-0.25, -0.2) is 0 Å². The third-order valence-electron chi connectivity index (χ3n) is 10.3. The highest BCUT2D eigenvalue weighted by atomic mass is 16.1. The lowest BCUT2D eigenvalue weighted by molar-refractivity contribution is -0.104. The third-order valence-corrected chi connectivity index (χ3v) is 10.3. The highest BCUT2D eigenvalue weighted by Gasteiger charge is 1.95. The molecule has 13 heteroatoms. The minimum Gasteiger partial charge on any atom is -0.333 e. The molecule has 6 aromatic rings. The standard InChI is InChI=1S/2C8H11N.6C8H9N.C7H8O.4CH5N.CH4/c8*1-9-7-8-5-3-2-4-6-8;8-6-7-4-2-1-3-5-7;4*1-2;/h2*2-3,5,7H,4,6H2,1H3;6*2-7H,1H3;2,4-6H,1,3H2;4*2H2,1H3;1H4. The molecule has 6 aromatic carbocycles. The van der Waals surface area contributed by atoms with Crippen molar-refractivity contribution in [3.8, 4) is 0 Å². The van der Waals surface area contributed by atoms with Crippen molar-refractivity contribution in [2.24, 2.45) is 62.9 Å². The van der Waals surface area contributed by atoms with Gasteiger partial charge >= 0.3 is 0 Å². The van der Waals surface area contributed by atoms with Crippen LogP contribution in [0.1, 0.15) is 79.3 Å². The van der Waals surface area contributed by atoms with Gasteiger partial charge in [0.1, 0.15) is 6.29 Å². The van der Waals surface area contributed by atoms with Crippen molar-refractivity contribution in [2.75, 3.05) is 84.6 Å². The summed E-state index contributed by atoms with van der Waals surface area (Å²) in [6.45, 7) is 0. The molecule has 0 fully saturated rings. The number of nitrogens with zero attached hydrogens (tertiary/aromatic N) is 8. The Balaban J connectivity index is -0.000000293. The maximum atomic E-state index is 10.0. The molecule has 478 valence electrons. The average Bonchev–Trinajstić information content (AvgIpc) is 3.61. The molecule has 0 atom stereocenters. The fraction of sp³-hybridized carbons (Fsp3) is 0.250. The summed E-state index contributed by atoms with van der Waals surface area (Å²) >= 11 is 0. The van der Waals surface area contributed by atoms with Gasteiger partial charge in [0.2, 0.25) is 0 Å². The summed E-state index contributed by atoms with van der Waals surface area (Å²) in [5.74, 6) is 0. The van der Waals surface area contributed by atoms with Gasteiger partial charge in [0.25, 0.3) is 0 Å². The van der Waals surface area contributed by atoms with E-state index in [1.807, 2.05) is 250 Å². The smallest absolute Gasteiger partial charge is 0.149 e. The molecule has 3 aliphatic rings. The molecule has 9 rings (SSSR count). The van der Waals surface area contributed by atoms with Crippen molar-refractivity contribution in [3.63, 3.8) is 0 Å². The molecular formula is C76H108N12O. The van der Waals surface area contributed by atoms with Crippen LogP contribution in [-0.2, 0) is 4.79 Å². The molecule has 0 amide bonds. The van der Waals surface area contributed by atoms with E-state index in [9.17, 15) is 4.79 Å². The Kier molecular flexibility index (Phi) is 74.2. The van der Waals surface area contributed by atoms with Gasteiger partial charge in [-0.3, -0.25) is 44.7 Å². The summed E-state index contributed by atoms with van der Waals surface area (Å²) in [6.07, 6.45) is 41.0. The van der Waals surface area contributed by atoms with E-state index in [0.29, 0.717) is 0 Å². The van der Waals surface area contributed by atoms with Gasteiger partial charge in [-0.1, -0.05) is 244 Å². The lowest BCUT2D eigenvalue weighted by Gasteiger charge is -2.00. The molecule has 0 saturated heterocycles. The van der Waals surface area contributed by atoms with E-state index in [1.165, 1.54) is 39.3 Å². The Hall–Kier alpha value is -9.37. The number of hydrogen-bond donors (Lipinski definition) is 4. The minimum absolute atomic E-state index is 0. The predicted molar refractivity (Wildman–Crippen MR) is 401 cm³/mol. The van der Waals surface area contributed by atoms with Gasteiger partial charge < -0.3 is 22.9 Å². The first kappa shape index (κ1) is 88.4. The summed E-state index contributed by atoms with van der Waals surface area (Å²) in [5, 5.41) is 0. The molecule has 0 radical (unpaired) electrons. The molecule has 0 saturated carbocycles. The first-order valence-corrected chi connectivity index (χ1v) is 28.9. The number of hydrogen-bond acceptors (Lipinski definition) is 13. The second-order valence-electron chi connectivity index (χ2n) is 16.8. The molecule has 8 N–H and O–H groups in total. The quantitative estimate of drug-likeness (QED) is 0.0817. The predicted octanol–water partition coefficient (Wildman–Crippen LogP) is 14.7. The maximum absolute atomic E-state index is 10.0. The van der Waals surface area contributed by atoms with Crippen molar-refractivity contribution in [2.45, 2.75) is 46.0 Å². The maximum Gasteiger partial charge on any atom is 0.149 e. The highest BCUT2D eigenvalue weighted by molar-refractivity contribution is 5.82. The number of carbonyl (C=O) groups is 1. The topological polar surface area (TPSA) is 220 Å². The highest BCUT2D eigenvalue weighted by Crippen LogP contribution is 2.10. The first-order chi connectivity index (χ1) is 43.4. The Labute approximate surface area is 538 Å². The number of aldehydes is 1. The van der Waals surface area contributed by atoms with Gasteiger partial charge in [0.15, 0.2) is 0 Å². The van der Waals surface area contributed by atoms with Crippen LogP contribution in [0.4, 0.5) is 0 Å². The van der Waals surface area contributed by atoms with Crippen molar-refractivity contribution < 1.29 is 4.79 Å². The number of carbonyl (C=O) groups excluding carboxylic acids is 1. The van der Waals surface area contributed by atoms with Crippen LogP contribution in [-0.4, -0.2) is 141 Å². The van der Waals surface area contributed by atoms with E-state index in [2.05, 4.69) is 99.3 Å². The number of allylic oxidation sites excluding steroid dienone is 12. The summed E-state index contributed by atoms with van der Waals surface area (Å²) in [6, 6.07) is 60.2. The van der Waals surface area contributed by atoms with E-state index in [0.717, 1.165) is 83.8 Å². The molecule has 89 heavy (non-hydrogen) atoms. The van der Waals surface area contributed by atoms with E-state index >= 15 is 0 Å². The number of aliphatic imine (C=N–C) groups is 8. The summed E-state index contributed by atoms with van der Waals surface area (Å²) in [5.41, 5.74) is 28.4. The monoisotopic (exact) mass is 1200 g/mol. The molecule has 0 bridgehead atoms. The van der Waals surface area contributed by atoms with E-state index < -0.39 is 0 Å². The summed E-state index contributed by atoms with van der Waals surface area (Å²) in [4.78, 5) is 41.2. The molecule has 13 nitrogen and oxygen atoms in total. The van der Waals surface area contributed by atoms with Gasteiger partial charge in [0, 0.05) is 112 Å². The molecule has 0 unspecified atom stereocenters. The fourth-order valence-electron chi connectivity index (χ4n) is 6.64. The Morgan fingerprint density at radius 2 is 0.528 bits per heavy atom. The average molecular weight is 1210 g/mol. The Morgan fingerprint density at radius 3 is 0.674 bits per heavy atom. The Bertz CT molecular complexity index is 2480. The molecular weight excluding hydrogens is 1100 g/mol. The number of nitrogens with two attached hydrogens (primary N) is 4. The SMILES string of the molecule is C.CN.CN.CN.CN.CN=CC1=CC=CCC1.CN=CC1=CC=CCC1.CN=Cc1ccccc1.CN=Cc1ccccc1.CN=Cc1ccccc1.CN=Cc1ccccc1.CN=Cc1ccccc1.CN=Cc1ccccc1.O=CC1=CCCC=C1. The van der Waals surface area contributed by atoms with Gasteiger partial charge in [-0.05, 0) is 111 Å². The summed E-state index contributed by atoms with van der Waals surface area (Å²) in [7, 11) is 20.2. The van der Waals surface area contributed by atoms with Crippen LogP contribution in [0.2, 0.25) is 0 Å². The molecule has 0 heterocycles. The van der Waals surface area contributed by atoms with Crippen molar-refractivity contribution in [1.82, 2.24) is 0 Å². The zero-order chi connectivity index (χ0) is 66.0. The second kappa shape index (κ2) is 74.7. The van der Waals surface area contributed by atoms with Crippen LogP contribution < -0.4 is 22.9 Å². The zero-order valence-corrected chi connectivity index (χ0v) is 54.8. The second-order valence-corrected chi connectivity index (χ2v) is 16.8. The van der Waals surface area contributed by atoms with E-state index in [-0.39, 0.29) is 7.43 Å². The fourth-order valence-corrected chi connectivity index (χ4v) is 6.64. The molecule has 0 aliphatic heterocycles. The molecule has 3 aliphatic carbocycles. The minimum atomic E-state index is 0. The first-order valence-electron chi connectivity index (χ1n) is 28.9. The van der Waals surface area contributed by atoms with Crippen LogP contribution in [0, 0.1) is 0 Å². The lowest BCUT2D eigenvalue weighted by Crippen LogP contribution is -1.87. The van der Waals surface area contributed by atoms with E-state index in [1.54, 1.807) is 56.4 Å². The number of benzene rings is 6. The van der Waals surface area contributed by atoms with Crippen molar-refractivity contribution >= 4 is 56.0 Å². The third kappa shape index (κ3) is 58.8. The zero-order valence-electron chi connectivity index (χ0n) is 54.8. The van der Waals surface area contributed by atoms with Crippen LogP contribution in [0.3, 0.4) is 0 Å². The van der Waals surface area contributed by atoms with E-state index in [4.69, 9.17) is 0 Å². The Morgan fingerprint density at radius 1 is 0.303 bits per heavy atom. The van der Waals surface area contributed by atoms with Gasteiger partial charge in [0.05, 0.1) is 0 Å². The summed E-state index contributed by atoms with van der Waals surface area (Å²) < 4.78 is 0. The van der Waals surface area contributed by atoms with Crippen molar-refractivity contribution in [3.05, 3.63) is 287 Å². The van der Waals surface area contributed by atoms with Gasteiger partial charge in [-0.2, -0.15) is 0 Å². The lowest BCUT2D eigenvalue weighted by atomic mass is 10.1. The molecule has 0 aromatic heterocycles. The van der Waals surface area contributed by atoms with Gasteiger partial charge in [-0.15, -0.1) is 0 Å². The van der Waals surface area contributed by atoms with Crippen LogP contribution in [0.25, 0.3) is 0 Å². The van der Waals surface area contributed by atoms with Crippen LogP contribution >= 0.6 is 0 Å².